The zero-order valence-electron chi connectivity index (χ0n) is 12.7. The van der Waals surface area contributed by atoms with Crippen molar-refractivity contribution in [2.24, 2.45) is 0 Å². The first-order valence-corrected chi connectivity index (χ1v) is 8.54. The van der Waals surface area contributed by atoms with Crippen LogP contribution in [0.2, 0.25) is 0 Å². The highest BCUT2D eigenvalue weighted by Crippen LogP contribution is 2.31. The predicted molar refractivity (Wildman–Crippen MR) is 93.9 cm³/mol. The van der Waals surface area contributed by atoms with Gasteiger partial charge in [0.25, 0.3) is 0 Å². The summed E-state index contributed by atoms with van der Waals surface area (Å²) in [7, 11) is 5.13. The van der Waals surface area contributed by atoms with Crippen LogP contribution in [0.5, 0.6) is 0 Å². The van der Waals surface area contributed by atoms with Crippen LogP contribution in [0.3, 0.4) is 0 Å². The third-order valence-electron chi connectivity index (χ3n) is 3.45. The molecule has 0 aromatic heterocycles. The molecular formula is C18H24NP. The minimum Gasteiger partial charge on any atom is -0.377 e. The van der Waals surface area contributed by atoms with Gasteiger partial charge < -0.3 is 4.90 Å². The molecule has 2 rings (SSSR count). The van der Waals surface area contributed by atoms with Gasteiger partial charge in [-0.05, 0) is 29.5 Å². The quantitative estimate of drug-likeness (QED) is 0.557. The van der Waals surface area contributed by atoms with Gasteiger partial charge in [-0.2, -0.15) is 0 Å². The summed E-state index contributed by atoms with van der Waals surface area (Å²) >= 11 is 0. The van der Waals surface area contributed by atoms with Crippen molar-refractivity contribution in [3.05, 3.63) is 48.5 Å². The fourth-order valence-corrected chi connectivity index (χ4v) is 3.79. The lowest BCUT2D eigenvalue weighted by molar-refractivity contribution is 0.895. The summed E-state index contributed by atoms with van der Waals surface area (Å²) in [5, 5.41) is 1.50. The number of benzene rings is 2. The summed E-state index contributed by atoms with van der Waals surface area (Å²) in [6, 6.07) is 17.5. The molecule has 2 aromatic carbocycles. The maximum atomic E-state index is 2.29. The standard InChI is InChI=1S/C18H24NP/c1-4-5-14-20-18-13-9-7-11-16(18)15-10-6-8-12-17(15)19(2)3/h6-13,20H,4-5,14H2,1-3H3. The molecule has 0 radical (unpaired) electrons. The fraction of sp³-hybridized carbons (Fsp3) is 0.333. The van der Waals surface area contributed by atoms with Crippen LogP contribution in [-0.2, 0) is 0 Å². The third-order valence-corrected chi connectivity index (χ3v) is 4.87. The molecule has 0 spiro atoms. The van der Waals surface area contributed by atoms with Gasteiger partial charge in [0.1, 0.15) is 0 Å². The molecule has 0 aliphatic rings. The van der Waals surface area contributed by atoms with E-state index < -0.39 is 0 Å². The molecule has 0 aliphatic heterocycles. The SMILES string of the molecule is CCCCPc1ccccc1-c1ccccc1N(C)C. The number of para-hydroxylation sites is 1. The first kappa shape index (κ1) is 15.1. The van der Waals surface area contributed by atoms with Gasteiger partial charge in [-0.1, -0.05) is 64.4 Å². The Morgan fingerprint density at radius 2 is 1.55 bits per heavy atom. The van der Waals surface area contributed by atoms with E-state index in [0.29, 0.717) is 0 Å². The molecule has 106 valence electrons. The summed E-state index contributed by atoms with van der Waals surface area (Å²) in [4.78, 5) is 2.20. The van der Waals surface area contributed by atoms with E-state index in [2.05, 4.69) is 74.4 Å². The van der Waals surface area contributed by atoms with Crippen molar-refractivity contribution in [1.82, 2.24) is 0 Å². The van der Waals surface area contributed by atoms with E-state index in [9.17, 15) is 0 Å². The van der Waals surface area contributed by atoms with Crippen molar-refractivity contribution in [1.29, 1.82) is 0 Å². The molecule has 0 saturated carbocycles. The maximum absolute atomic E-state index is 2.29. The van der Waals surface area contributed by atoms with E-state index in [1.807, 2.05) is 0 Å². The smallest absolute Gasteiger partial charge is 0.0440 e. The van der Waals surface area contributed by atoms with E-state index in [1.165, 1.54) is 41.1 Å². The highest BCUT2D eigenvalue weighted by atomic mass is 31.1. The lowest BCUT2D eigenvalue weighted by Gasteiger charge is -2.19. The van der Waals surface area contributed by atoms with Gasteiger partial charge in [-0.15, -0.1) is 0 Å². The Morgan fingerprint density at radius 1 is 0.900 bits per heavy atom. The van der Waals surface area contributed by atoms with Crippen molar-refractivity contribution in [3.63, 3.8) is 0 Å². The van der Waals surface area contributed by atoms with Gasteiger partial charge in [0.15, 0.2) is 0 Å². The zero-order chi connectivity index (χ0) is 14.4. The van der Waals surface area contributed by atoms with E-state index in [0.717, 1.165) is 8.58 Å². The number of hydrogen-bond acceptors (Lipinski definition) is 1. The van der Waals surface area contributed by atoms with Crippen molar-refractivity contribution in [3.8, 4) is 11.1 Å². The minimum absolute atomic E-state index is 0.907. The number of hydrogen-bond donors (Lipinski definition) is 0. The van der Waals surface area contributed by atoms with Crippen LogP contribution in [0.25, 0.3) is 11.1 Å². The van der Waals surface area contributed by atoms with Crippen molar-refractivity contribution in [2.75, 3.05) is 25.2 Å². The number of unbranched alkanes of at least 4 members (excludes halogenated alkanes) is 1. The first-order chi connectivity index (χ1) is 9.74. The molecule has 0 N–H and O–H groups in total. The van der Waals surface area contributed by atoms with Crippen molar-refractivity contribution in [2.45, 2.75) is 19.8 Å². The molecule has 0 amide bonds. The Labute approximate surface area is 124 Å². The topological polar surface area (TPSA) is 3.24 Å². The Kier molecular flexibility index (Phi) is 5.61. The van der Waals surface area contributed by atoms with Crippen LogP contribution in [-0.4, -0.2) is 20.3 Å². The molecule has 20 heavy (non-hydrogen) atoms. The number of anilines is 1. The first-order valence-electron chi connectivity index (χ1n) is 7.33. The fourth-order valence-electron chi connectivity index (χ4n) is 2.36. The zero-order valence-corrected chi connectivity index (χ0v) is 13.7. The lowest BCUT2D eigenvalue weighted by Crippen LogP contribution is -2.11. The molecular weight excluding hydrogens is 261 g/mol. The maximum Gasteiger partial charge on any atom is 0.0440 e. The molecule has 0 bridgehead atoms. The molecule has 1 atom stereocenters. The van der Waals surface area contributed by atoms with Crippen LogP contribution in [0, 0.1) is 0 Å². The van der Waals surface area contributed by atoms with Gasteiger partial charge in [0, 0.05) is 25.3 Å². The second kappa shape index (κ2) is 7.45. The lowest BCUT2D eigenvalue weighted by atomic mass is 10.0. The van der Waals surface area contributed by atoms with Crippen LogP contribution in [0.1, 0.15) is 19.8 Å². The summed E-state index contributed by atoms with van der Waals surface area (Å²) in [6.45, 7) is 2.26. The largest absolute Gasteiger partial charge is 0.377 e. The van der Waals surface area contributed by atoms with E-state index in [-0.39, 0.29) is 0 Å². The Bertz CT molecular complexity index is 549. The summed E-state index contributed by atoms with van der Waals surface area (Å²) < 4.78 is 0. The molecule has 1 unspecified atom stereocenters. The molecule has 0 aliphatic carbocycles. The third kappa shape index (κ3) is 3.61. The molecule has 0 heterocycles. The average molecular weight is 285 g/mol. The summed E-state index contributed by atoms with van der Waals surface area (Å²) in [5.41, 5.74) is 4.03. The van der Waals surface area contributed by atoms with Gasteiger partial charge in [-0.25, -0.2) is 0 Å². The monoisotopic (exact) mass is 285 g/mol. The van der Waals surface area contributed by atoms with E-state index in [4.69, 9.17) is 0 Å². The minimum atomic E-state index is 0.907. The van der Waals surface area contributed by atoms with Crippen molar-refractivity contribution < 1.29 is 0 Å². The van der Waals surface area contributed by atoms with Crippen LogP contribution >= 0.6 is 8.58 Å². The van der Waals surface area contributed by atoms with E-state index >= 15 is 0 Å². The Morgan fingerprint density at radius 3 is 2.25 bits per heavy atom. The van der Waals surface area contributed by atoms with Gasteiger partial charge >= 0.3 is 0 Å². The van der Waals surface area contributed by atoms with Crippen LogP contribution < -0.4 is 10.2 Å². The van der Waals surface area contributed by atoms with Gasteiger partial charge in [0.05, 0.1) is 0 Å². The Hall–Kier alpha value is -1.33. The van der Waals surface area contributed by atoms with Gasteiger partial charge in [0.2, 0.25) is 0 Å². The van der Waals surface area contributed by atoms with Crippen LogP contribution in [0.4, 0.5) is 5.69 Å². The second-order valence-electron chi connectivity index (χ2n) is 5.24. The molecule has 0 fully saturated rings. The molecule has 1 nitrogen and oxygen atoms in total. The molecule has 2 heteroatoms. The summed E-state index contributed by atoms with van der Waals surface area (Å²) in [5.74, 6) is 0. The second-order valence-corrected chi connectivity index (χ2v) is 6.63. The molecule has 2 aromatic rings. The van der Waals surface area contributed by atoms with Crippen molar-refractivity contribution >= 4 is 19.6 Å². The van der Waals surface area contributed by atoms with Crippen LogP contribution in [0.15, 0.2) is 48.5 Å². The number of rotatable bonds is 6. The Balaban J connectivity index is 2.37. The normalized spacial score (nSPS) is 11.2. The summed E-state index contributed by atoms with van der Waals surface area (Å²) in [6.07, 6.45) is 3.91. The highest BCUT2D eigenvalue weighted by molar-refractivity contribution is 7.47. The predicted octanol–water partition coefficient (Wildman–Crippen LogP) is 4.52. The highest BCUT2D eigenvalue weighted by Gasteiger charge is 2.09. The van der Waals surface area contributed by atoms with E-state index in [1.54, 1.807) is 0 Å². The average Bonchev–Trinajstić information content (AvgIpc) is 2.48. The molecule has 0 saturated heterocycles. The van der Waals surface area contributed by atoms with Gasteiger partial charge in [-0.3, -0.25) is 0 Å². The number of nitrogens with zero attached hydrogens (tertiary/aromatic N) is 1.